The molecule has 0 aromatic heterocycles. The van der Waals surface area contributed by atoms with Gasteiger partial charge in [0, 0.05) is 6.04 Å². The second-order valence-electron chi connectivity index (χ2n) is 3.85. The van der Waals surface area contributed by atoms with Crippen molar-refractivity contribution in [2.45, 2.75) is 12.5 Å². The molecule has 0 amide bonds. The second kappa shape index (κ2) is 4.90. The first-order chi connectivity index (χ1) is 7.75. The summed E-state index contributed by atoms with van der Waals surface area (Å²) in [4.78, 5) is 0. The van der Waals surface area contributed by atoms with E-state index in [0.717, 1.165) is 12.0 Å². The van der Waals surface area contributed by atoms with Gasteiger partial charge < -0.3 is 5.73 Å². The molecule has 2 N–H and O–H groups in total. The van der Waals surface area contributed by atoms with Crippen molar-refractivity contribution in [2.24, 2.45) is 5.73 Å². The standard InChI is InChI=1S/C14H14FN/c15-13-8-6-12(7-9-13)14(16)10-11-4-2-1-3-5-11/h1-9,14H,10,16H2. The van der Waals surface area contributed by atoms with Crippen LogP contribution >= 0.6 is 0 Å². The minimum atomic E-state index is -0.226. The van der Waals surface area contributed by atoms with Crippen LogP contribution in [0.2, 0.25) is 0 Å². The molecule has 0 aliphatic carbocycles. The van der Waals surface area contributed by atoms with Crippen molar-refractivity contribution in [3.63, 3.8) is 0 Å². The number of rotatable bonds is 3. The predicted molar refractivity (Wildman–Crippen MR) is 63.5 cm³/mol. The molecule has 2 aromatic rings. The fraction of sp³-hybridized carbons (Fsp3) is 0.143. The maximum atomic E-state index is 12.7. The lowest BCUT2D eigenvalue weighted by Gasteiger charge is -2.11. The molecule has 0 saturated heterocycles. The van der Waals surface area contributed by atoms with E-state index in [9.17, 15) is 4.39 Å². The first-order valence-electron chi connectivity index (χ1n) is 5.30. The minimum absolute atomic E-state index is 0.0806. The van der Waals surface area contributed by atoms with Gasteiger partial charge >= 0.3 is 0 Å². The van der Waals surface area contributed by atoms with Gasteiger partial charge in [-0.2, -0.15) is 0 Å². The van der Waals surface area contributed by atoms with E-state index in [4.69, 9.17) is 5.73 Å². The number of benzene rings is 2. The Morgan fingerprint density at radius 2 is 1.56 bits per heavy atom. The first kappa shape index (κ1) is 10.8. The SMILES string of the molecule is NC(Cc1ccccc1)c1ccc(F)cc1. The largest absolute Gasteiger partial charge is 0.324 e. The quantitative estimate of drug-likeness (QED) is 0.836. The monoisotopic (exact) mass is 215 g/mol. The van der Waals surface area contributed by atoms with Gasteiger partial charge in [-0.15, -0.1) is 0 Å². The summed E-state index contributed by atoms with van der Waals surface area (Å²) >= 11 is 0. The van der Waals surface area contributed by atoms with Crippen LogP contribution < -0.4 is 5.73 Å². The molecule has 2 heteroatoms. The predicted octanol–water partition coefficient (Wildman–Crippen LogP) is 3.07. The molecule has 0 heterocycles. The Kier molecular flexibility index (Phi) is 3.32. The summed E-state index contributed by atoms with van der Waals surface area (Å²) in [6, 6.07) is 16.3. The molecule has 1 nitrogen and oxygen atoms in total. The van der Waals surface area contributed by atoms with Crippen molar-refractivity contribution in [3.05, 3.63) is 71.5 Å². The zero-order valence-electron chi connectivity index (χ0n) is 8.94. The lowest BCUT2D eigenvalue weighted by Crippen LogP contribution is -2.13. The molecule has 0 saturated carbocycles. The van der Waals surface area contributed by atoms with E-state index in [1.807, 2.05) is 30.3 Å². The molecule has 0 radical (unpaired) electrons. The number of nitrogens with two attached hydrogens (primary N) is 1. The lowest BCUT2D eigenvalue weighted by molar-refractivity contribution is 0.624. The van der Waals surface area contributed by atoms with Crippen molar-refractivity contribution >= 4 is 0 Å². The zero-order chi connectivity index (χ0) is 11.4. The Morgan fingerprint density at radius 1 is 0.938 bits per heavy atom. The summed E-state index contributed by atoms with van der Waals surface area (Å²) in [6.45, 7) is 0. The van der Waals surface area contributed by atoms with Crippen LogP contribution in [0.15, 0.2) is 54.6 Å². The highest BCUT2D eigenvalue weighted by molar-refractivity contribution is 5.23. The average molecular weight is 215 g/mol. The third kappa shape index (κ3) is 2.67. The van der Waals surface area contributed by atoms with Gasteiger partial charge in [-0.3, -0.25) is 0 Å². The Morgan fingerprint density at radius 3 is 2.19 bits per heavy atom. The maximum absolute atomic E-state index is 12.7. The first-order valence-corrected chi connectivity index (χ1v) is 5.30. The summed E-state index contributed by atoms with van der Waals surface area (Å²) in [5.74, 6) is -0.226. The highest BCUT2D eigenvalue weighted by Gasteiger charge is 2.06. The minimum Gasteiger partial charge on any atom is -0.324 e. The third-order valence-electron chi connectivity index (χ3n) is 2.60. The van der Waals surface area contributed by atoms with Gasteiger partial charge in [0.25, 0.3) is 0 Å². The van der Waals surface area contributed by atoms with Gasteiger partial charge in [-0.1, -0.05) is 42.5 Å². The van der Waals surface area contributed by atoms with Crippen LogP contribution in [0.5, 0.6) is 0 Å². The van der Waals surface area contributed by atoms with Crippen molar-refractivity contribution < 1.29 is 4.39 Å². The number of halogens is 1. The van der Waals surface area contributed by atoms with Gasteiger partial charge in [0.2, 0.25) is 0 Å². The topological polar surface area (TPSA) is 26.0 Å². The van der Waals surface area contributed by atoms with E-state index in [2.05, 4.69) is 0 Å². The van der Waals surface area contributed by atoms with Gasteiger partial charge in [-0.25, -0.2) is 4.39 Å². The van der Waals surface area contributed by atoms with Crippen molar-refractivity contribution in [1.82, 2.24) is 0 Å². The fourth-order valence-corrected chi connectivity index (χ4v) is 1.70. The zero-order valence-corrected chi connectivity index (χ0v) is 8.94. The molecule has 0 fully saturated rings. The van der Waals surface area contributed by atoms with E-state index in [0.29, 0.717) is 0 Å². The molecule has 2 rings (SSSR count). The summed E-state index contributed by atoms with van der Waals surface area (Å²) in [5, 5.41) is 0. The Hall–Kier alpha value is -1.67. The summed E-state index contributed by atoms with van der Waals surface area (Å²) < 4.78 is 12.7. The fourth-order valence-electron chi connectivity index (χ4n) is 1.70. The average Bonchev–Trinajstić information content (AvgIpc) is 2.31. The second-order valence-corrected chi connectivity index (χ2v) is 3.85. The van der Waals surface area contributed by atoms with Gasteiger partial charge in [0.1, 0.15) is 5.82 Å². The Balaban J connectivity index is 2.09. The van der Waals surface area contributed by atoms with E-state index in [1.54, 1.807) is 12.1 Å². The highest BCUT2D eigenvalue weighted by Crippen LogP contribution is 2.16. The normalized spacial score (nSPS) is 12.4. The Bertz CT molecular complexity index is 436. The smallest absolute Gasteiger partial charge is 0.123 e. The van der Waals surface area contributed by atoms with E-state index in [-0.39, 0.29) is 11.9 Å². The molecule has 16 heavy (non-hydrogen) atoms. The Labute approximate surface area is 94.7 Å². The van der Waals surface area contributed by atoms with Crippen LogP contribution in [-0.2, 0) is 6.42 Å². The molecule has 0 spiro atoms. The molecular formula is C14H14FN. The summed E-state index contributed by atoms with van der Waals surface area (Å²) in [6.07, 6.45) is 0.770. The summed E-state index contributed by atoms with van der Waals surface area (Å²) in [7, 11) is 0. The molecule has 1 unspecified atom stereocenters. The van der Waals surface area contributed by atoms with Crippen molar-refractivity contribution in [3.8, 4) is 0 Å². The summed E-state index contributed by atoms with van der Waals surface area (Å²) in [5.41, 5.74) is 8.21. The third-order valence-corrected chi connectivity index (χ3v) is 2.60. The molecular weight excluding hydrogens is 201 g/mol. The van der Waals surface area contributed by atoms with Crippen LogP contribution in [0.4, 0.5) is 4.39 Å². The van der Waals surface area contributed by atoms with E-state index >= 15 is 0 Å². The maximum Gasteiger partial charge on any atom is 0.123 e. The van der Waals surface area contributed by atoms with Crippen molar-refractivity contribution in [2.75, 3.05) is 0 Å². The van der Waals surface area contributed by atoms with Crippen LogP contribution in [0.25, 0.3) is 0 Å². The molecule has 0 aliphatic heterocycles. The van der Waals surface area contributed by atoms with Gasteiger partial charge in [0.15, 0.2) is 0 Å². The van der Waals surface area contributed by atoms with Crippen LogP contribution in [0.3, 0.4) is 0 Å². The van der Waals surface area contributed by atoms with Gasteiger partial charge in [-0.05, 0) is 29.7 Å². The van der Waals surface area contributed by atoms with Crippen molar-refractivity contribution in [1.29, 1.82) is 0 Å². The molecule has 0 aliphatic rings. The van der Waals surface area contributed by atoms with Gasteiger partial charge in [0.05, 0.1) is 0 Å². The molecule has 0 bridgehead atoms. The van der Waals surface area contributed by atoms with Crippen LogP contribution in [0, 0.1) is 5.82 Å². The van der Waals surface area contributed by atoms with Crippen LogP contribution in [0.1, 0.15) is 17.2 Å². The van der Waals surface area contributed by atoms with E-state index < -0.39 is 0 Å². The lowest BCUT2D eigenvalue weighted by atomic mass is 10.00. The van der Waals surface area contributed by atoms with Crippen LogP contribution in [-0.4, -0.2) is 0 Å². The number of hydrogen-bond donors (Lipinski definition) is 1. The van der Waals surface area contributed by atoms with E-state index in [1.165, 1.54) is 17.7 Å². The highest BCUT2D eigenvalue weighted by atomic mass is 19.1. The molecule has 82 valence electrons. The number of hydrogen-bond acceptors (Lipinski definition) is 1. The molecule has 1 atom stereocenters. The molecule has 2 aromatic carbocycles.